The van der Waals surface area contributed by atoms with Crippen molar-refractivity contribution in [3.8, 4) is 23.0 Å². The monoisotopic (exact) mass is 596 g/mol. The summed E-state index contributed by atoms with van der Waals surface area (Å²) < 4.78 is 45.0. The molecule has 15 nitrogen and oxygen atoms in total. The summed E-state index contributed by atoms with van der Waals surface area (Å²) in [4.78, 5) is 13.7. The second kappa shape index (κ2) is 12.2. The van der Waals surface area contributed by atoms with E-state index in [1.807, 2.05) is 0 Å². The molecule has 6 N–H and O–H groups in total. The van der Waals surface area contributed by atoms with Gasteiger partial charge in [-0.25, -0.2) is 0 Å². The quantitative estimate of drug-likeness (QED) is 0.157. The molecular formula is C27H32O15. The van der Waals surface area contributed by atoms with Gasteiger partial charge in [-0.2, -0.15) is 0 Å². The number of hydrogen-bond acceptors (Lipinski definition) is 15. The number of aliphatic hydroxyl groups is 6. The van der Waals surface area contributed by atoms with Crippen LogP contribution in [-0.2, 0) is 14.2 Å². The predicted molar refractivity (Wildman–Crippen MR) is 141 cm³/mol. The molecule has 15 heteroatoms. The van der Waals surface area contributed by atoms with Gasteiger partial charge in [0.1, 0.15) is 53.7 Å². The zero-order valence-electron chi connectivity index (χ0n) is 22.8. The lowest BCUT2D eigenvalue weighted by Crippen LogP contribution is -2.60. The van der Waals surface area contributed by atoms with Crippen LogP contribution in [0.5, 0.6) is 23.0 Å². The maximum Gasteiger partial charge on any atom is 0.229 e. The fourth-order valence-electron chi connectivity index (χ4n) is 5.06. The molecular weight excluding hydrogens is 564 g/mol. The van der Waals surface area contributed by atoms with Crippen molar-refractivity contribution in [1.82, 2.24) is 0 Å². The van der Waals surface area contributed by atoms with Gasteiger partial charge < -0.3 is 68.2 Å². The van der Waals surface area contributed by atoms with E-state index >= 15 is 0 Å². The normalized spacial score (nSPS) is 31.4. The van der Waals surface area contributed by atoms with Gasteiger partial charge in [-0.1, -0.05) is 12.1 Å². The van der Waals surface area contributed by atoms with Gasteiger partial charge in [0.2, 0.25) is 29.0 Å². The van der Waals surface area contributed by atoms with Crippen LogP contribution in [0.15, 0.2) is 33.5 Å². The first-order chi connectivity index (χ1) is 20.2. The van der Waals surface area contributed by atoms with Crippen LogP contribution in [0, 0.1) is 0 Å². The third-order valence-corrected chi connectivity index (χ3v) is 7.29. The Balaban J connectivity index is 1.53. The molecule has 0 saturated carbocycles. The number of fused-ring (bicyclic) bond motifs is 2. The van der Waals surface area contributed by atoms with Crippen molar-refractivity contribution in [2.24, 2.45) is 0 Å². The van der Waals surface area contributed by atoms with Crippen molar-refractivity contribution in [3.05, 3.63) is 34.5 Å². The molecule has 0 spiro atoms. The zero-order chi connectivity index (χ0) is 30.3. The molecule has 3 aromatic rings. The van der Waals surface area contributed by atoms with Gasteiger partial charge in [0.25, 0.3) is 0 Å². The van der Waals surface area contributed by atoms with Crippen molar-refractivity contribution in [2.45, 2.75) is 55.3 Å². The van der Waals surface area contributed by atoms with Crippen molar-refractivity contribution >= 4 is 21.9 Å². The van der Waals surface area contributed by atoms with Gasteiger partial charge >= 0.3 is 0 Å². The third kappa shape index (κ3) is 5.02. The number of para-hydroxylation sites is 1. The highest BCUT2D eigenvalue weighted by molar-refractivity contribution is 6.00. The fraction of sp³-hybridized carbons (Fsp3) is 0.519. The molecule has 0 radical (unpaired) electrons. The van der Waals surface area contributed by atoms with Crippen LogP contribution >= 0.6 is 0 Å². The van der Waals surface area contributed by atoms with Crippen molar-refractivity contribution in [1.29, 1.82) is 0 Å². The highest BCUT2D eigenvalue weighted by atomic mass is 16.7. The van der Waals surface area contributed by atoms with Gasteiger partial charge in [0.15, 0.2) is 17.6 Å². The maximum atomic E-state index is 13.7. The Kier molecular flexibility index (Phi) is 8.75. The Bertz CT molecular complexity index is 1470. The van der Waals surface area contributed by atoms with Crippen molar-refractivity contribution in [2.75, 3.05) is 34.5 Å². The van der Waals surface area contributed by atoms with E-state index in [1.165, 1.54) is 21.3 Å². The lowest BCUT2D eigenvalue weighted by atomic mass is 9.99. The second-order valence-electron chi connectivity index (χ2n) is 9.73. The van der Waals surface area contributed by atoms with Crippen molar-refractivity contribution < 1.29 is 68.2 Å². The van der Waals surface area contributed by atoms with Gasteiger partial charge in [0, 0.05) is 0 Å². The van der Waals surface area contributed by atoms with Gasteiger partial charge in [-0.15, -0.1) is 0 Å². The first kappa shape index (κ1) is 30.2. The minimum absolute atomic E-state index is 0.00365. The van der Waals surface area contributed by atoms with Crippen LogP contribution in [0.3, 0.4) is 0 Å². The van der Waals surface area contributed by atoms with Crippen LogP contribution in [0.4, 0.5) is 0 Å². The smallest absolute Gasteiger partial charge is 0.229 e. The third-order valence-electron chi connectivity index (χ3n) is 7.29. The molecule has 0 unspecified atom stereocenters. The van der Waals surface area contributed by atoms with E-state index in [2.05, 4.69) is 0 Å². The molecule has 5 rings (SSSR count). The molecule has 2 fully saturated rings. The Labute approximate surface area is 237 Å². The Morgan fingerprint density at radius 2 is 1.33 bits per heavy atom. The average molecular weight is 597 g/mol. The number of hydrogen-bond donors (Lipinski definition) is 6. The number of benzene rings is 2. The van der Waals surface area contributed by atoms with E-state index in [4.69, 9.17) is 37.6 Å². The summed E-state index contributed by atoms with van der Waals surface area (Å²) in [5, 5.41) is 61.4. The highest BCUT2D eigenvalue weighted by Gasteiger charge is 2.48. The summed E-state index contributed by atoms with van der Waals surface area (Å²) in [6.45, 7) is -1.08. The molecule has 2 saturated heterocycles. The number of methoxy groups -OCH3 is 3. The molecule has 0 aliphatic carbocycles. The summed E-state index contributed by atoms with van der Waals surface area (Å²) >= 11 is 0. The number of rotatable bonds is 9. The highest BCUT2D eigenvalue weighted by Crippen LogP contribution is 2.51. The van der Waals surface area contributed by atoms with Crippen LogP contribution in [0.25, 0.3) is 21.9 Å². The standard InChI is InChI=1S/C27H32O15/c1-35-23-21-14(15(29)10-6-4-5-7-11(10)39-21)22(24(36-2)25(23)37-3)42-27-20(34)18(32)17(31)13(41-27)9-38-26-19(33)16(30)12(8-28)40-26/h4-7,12-13,16-20,26-28,30-34H,8-9H2,1-3H3/t12-,13-,16+,17-,18+,19-,20-,26-,27+/m1/s1. The maximum absolute atomic E-state index is 13.7. The van der Waals surface area contributed by atoms with Gasteiger partial charge in [-0.3, -0.25) is 4.79 Å². The van der Waals surface area contributed by atoms with Crippen molar-refractivity contribution in [3.63, 3.8) is 0 Å². The fourth-order valence-corrected chi connectivity index (χ4v) is 5.06. The molecule has 1 aromatic heterocycles. The topological polar surface area (TPSA) is 216 Å². The molecule has 230 valence electrons. The minimum Gasteiger partial charge on any atom is -0.490 e. The predicted octanol–water partition coefficient (Wildman–Crippen LogP) is -1.39. The van der Waals surface area contributed by atoms with Gasteiger partial charge in [-0.05, 0) is 12.1 Å². The lowest BCUT2D eigenvalue weighted by Gasteiger charge is -2.40. The Morgan fingerprint density at radius 3 is 1.98 bits per heavy atom. The van der Waals surface area contributed by atoms with Crippen LogP contribution in [-0.4, -0.2) is 120 Å². The summed E-state index contributed by atoms with van der Waals surface area (Å²) in [6.07, 6.45) is -13.8. The van der Waals surface area contributed by atoms with E-state index in [-0.39, 0.29) is 44.9 Å². The first-order valence-electron chi connectivity index (χ1n) is 12.9. The molecule has 2 aliphatic heterocycles. The summed E-state index contributed by atoms with van der Waals surface area (Å²) in [6, 6.07) is 6.47. The van der Waals surface area contributed by atoms with Crippen LogP contribution in [0.1, 0.15) is 0 Å². The number of ether oxygens (including phenoxy) is 7. The molecule has 42 heavy (non-hydrogen) atoms. The Morgan fingerprint density at radius 1 is 0.738 bits per heavy atom. The van der Waals surface area contributed by atoms with Crippen LogP contribution < -0.4 is 24.4 Å². The van der Waals surface area contributed by atoms with E-state index in [0.717, 1.165) is 0 Å². The van der Waals surface area contributed by atoms with Crippen LogP contribution in [0.2, 0.25) is 0 Å². The molecule has 9 atom stereocenters. The summed E-state index contributed by atoms with van der Waals surface area (Å²) in [5.74, 6) is -0.346. The zero-order valence-corrected chi connectivity index (χ0v) is 22.8. The number of aliphatic hydroxyl groups excluding tert-OH is 6. The molecule has 2 aliphatic rings. The van der Waals surface area contributed by atoms with E-state index in [1.54, 1.807) is 24.3 Å². The van der Waals surface area contributed by atoms with E-state index < -0.39 is 74.0 Å². The molecule has 2 aromatic carbocycles. The lowest BCUT2D eigenvalue weighted by molar-refractivity contribution is -0.290. The van der Waals surface area contributed by atoms with E-state index in [9.17, 15) is 35.4 Å². The molecule has 3 heterocycles. The second-order valence-corrected chi connectivity index (χ2v) is 9.73. The Hall–Kier alpha value is -3.25. The first-order valence-corrected chi connectivity index (χ1v) is 12.9. The molecule has 0 bridgehead atoms. The SMILES string of the molecule is COc1c(OC)c(O[C@@H]2O[C@H](CO[C@@H]3O[C@H](CO)[C@H](O)[C@H]3O)[C@@H](O)[C@H](O)[C@H]2O)c2c(=O)c3ccccc3oc2c1OC. The average Bonchev–Trinajstić information content (AvgIpc) is 3.28. The molecule has 0 amide bonds. The van der Waals surface area contributed by atoms with E-state index in [0.29, 0.717) is 0 Å². The largest absolute Gasteiger partial charge is 0.490 e. The minimum atomic E-state index is -1.83. The van der Waals surface area contributed by atoms with Gasteiger partial charge in [0.05, 0.1) is 39.9 Å². The summed E-state index contributed by atoms with van der Waals surface area (Å²) in [7, 11) is 3.95. The summed E-state index contributed by atoms with van der Waals surface area (Å²) in [5.41, 5.74) is -0.332.